The summed E-state index contributed by atoms with van der Waals surface area (Å²) in [7, 11) is 0. The highest BCUT2D eigenvalue weighted by Gasteiger charge is 2.37. The van der Waals surface area contributed by atoms with Crippen LogP contribution >= 0.6 is 0 Å². The van der Waals surface area contributed by atoms with Gasteiger partial charge in [0.15, 0.2) is 0 Å². The first-order chi connectivity index (χ1) is 7.28. The van der Waals surface area contributed by atoms with Crippen molar-refractivity contribution in [2.45, 2.75) is 13.3 Å². The van der Waals surface area contributed by atoms with E-state index < -0.39 is 23.3 Å². The maximum Gasteiger partial charge on any atom is 0.336 e. The highest BCUT2D eigenvalue weighted by molar-refractivity contribution is 6.02. The number of carboxylic acid groups (broad SMARTS) is 3. The molecule has 0 amide bonds. The summed E-state index contributed by atoms with van der Waals surface area (Å²) in [5.74, 6) is -3.97. The molecule has 16 heavy (non-hydrogen) atoms. The third-order valence-corrected chi connectivity index (χ3v) is 2.46. The summed E-state index contributed by atoms with van der Waals surface area (Å²) in [6.45, 7) is 1.34. The first kappa shape index (κ1) is 12.0. The van der Waals surface area contributed by atoms with Crippen LogP contribution in [0.3, 0.4) is 0 Å². The van der Waals surface area contributed by atoms with E-state index in [-0.39, 0.29) is 17.6 Å². The molecular formula is C10H10O6. The molecule has 0 fully saturated rings. The molecule has 0 saturated heterocycles. The molecule has 6 heteroatoms. The zero-order chi connectivity index (χ0) is 12.5. The van der Waals surface area contributed by atoms with E-state index in [0.29, 0.717) is 0 Å². The van der Waals surface area contributed by atoms with Crippen LogP contribution < -0.4 is 0 Å². The van der Waals surface area contributed by atoms with Crippen LogP contribution in [-0.2, 0) is 14.4 Å². The molecule has 0 aromatic heterocycles. The van der Waals surface area contributed by atoms with E-state index in [2.05, 4.69) is 0 Å². The first-order valence-electron chi connectivity index (χ1n) is 4.40. The summed E-state index contributed by atoms with van der Waals surface area (Å²) >= 11 is 0. The highest BCUT2D eigenvalue weighted by atomic mass is 16.4. The van der Waals surface area contributed by atoms with Gasteiger partial charge in [-0.3, -0.25) is 4.79 Å². The Hall–Kier alpha value is -2.11. The predicted octanol–water partition coefficient (Wildman–Crippen LogP) is 0.503. The maximum atomic E-state index is 10.9. The fourth-order valence-corrected chi connectivity index (χ4v) is 1.43. The largest absolute Gasteiger partial charge is 0.481 e. The molecule has 86 valence electrons. The van der Waals surface area contributed by atoms with E-state index in [9.17, 15) is 14.4 Å². The second kappa shape index (κ2) is 3.80. The van der Waals surface area contributed by atoms with Crippen LogP contribution in [-0.4, -0.2) is 33.2 Å². The lowest BCUT2D eigenvalue weighted by molar-refractivity contribution is -0.145. The molecule has 1 aliphatic carbocycles. The number of hydrogen-bond acceptors (Lipinski definition) is 3. The van der Waals surface area contributed by atoms with Gasteiger partial charge in [-0.1, -0.05) is 12.2 Å². The van der Waals surface area contributed by atoms with Crippen molar-refractivity contribution in [3.63, 3.8) is 0 Å². The van der Waals surface area contributed by atoms with Crippen molar-refractivity contribution in [3.05, 3.63) is 23.3 Å². The van der Waals surface area contributed by atoms with Crippen molar-refractivity contribution in [1.29, 1.82) is 0 Å². The monoisotopic (exact) mass is 226 g/mol. The summed E-state index contributed by atoms with van der Waals surface area (Å²) in [6, 6.07) is 0. The van der Waals surface area contributed by atoms with Crippen molar-refractivity contribution in [3.8, 4) is 0 Å². The highest BCUT2D eigenvalue weighted by Crippen LogP contribution is 2.34. The molecule has 6 nitrogen and oxygen atoms in total. The minimum Gasteiger partial charge on any atom is -0.481 e. The Balaban J connectivity index is 3.23. The van der Waals surface area contributed by atoms with Gasteiger partial charge in [-0.05, 0) is 13.3 Å². The summed E-state index contributed by atoms with van der Waals surface area (Å²) in [4.78, 5) is 32.5. The van der Waals surface area contributed by atoms with Crippen LogP contribution in [0, 0.1) is 5.41 Å². The average Bonchev–Trinajstić information content (AvgIpc) is 2.16. The first-order valence-corrected chi connectivity index (χ1v) is 4.40. The van der Waals surface area contributed by atoms with Crippen molar-refractivity contribution in [1.82, 2.24) is 0 Å². The van der Waals surface area contributed by atoms with Crippen LogP contribution in [0.25, 0.3) is 0 Å². The molecule has 0 aromatic carbocycles. The van der Waals surface area contributed by atoms with Crippen LogP contribution in [0.5, 0.6) is 0 Å². The molecule has 0 saturated carbocycles. The van der Waals surface area contributed by atoms with Gasteiger partial charge in [0, 0.05) is 0 Å². The van der Waals surface area contributed by atoms with E-state index >= 15 is 0 Å². The van der Waals surface area contributed by atoms with Gasteiger partial charge in [0.2, 0.25) is 0 Å². The van der Waals surface area contributed by atoms with E-state index in [1.165, 1.54) is 13.0 Å². The minimum atomic E-state index is -1.41. The smallest absolute Gasteiger partial charge is 0.336 e. The Morgan fingerprint density at radius 2 is 1.75 bits per heavy atom. The van der Waals surface area contributed by atoms with Crippen LogP contribution in [0.15, 0.2) is 23.3 Å². The van der Waals surface area contributed by atoms with E-state index in [0.717, 1.165) is 6.08 Å². The van der Waals surface area contributed by atoms with Gasteiger partial charge in [0.1, 0.15) is 0 Å². The lowest BCUT2D eigenvalue weighted by Crippen LogP contribution is -2.30. The van der Waals surface area contributed by atoms with Gasteiger partial charge in [-0.15, -0.1) is 0 Å². The average molecular weight is 226 g/mol. The molecule has 0 bridgehead atoms. The zero-order valence-electron chi connectivity index (χ0n) is 8.43. The molecule has 1 unspecified atom stereocenters. The quantitative estimate of drug-likeness (QED) is 0.646. The second-order valence-corrected chi connectivity index (χ2v) is 3.74. The number of aliphatic carboxylic acids is 3. The van der Waals surface area contributed by atoms with Crippen molar-refractivity contribution >= 4 is 17.9 Å². The van der Waals surface area contributed by atoms with Gasteiger partial charge in [-0.2, -0.15) is 0 Å². The molecular weight excluding hydrogens is 216 g/mol. The fourth-order valence-electron chi connectivity index (χ4n) is 1.43. The lowest BCUT2D eigenvalue weighted by atomic mass is 9.78. The van der Waals surface area contributed by atoms with E-state index in [1.54, 1.807) is 0 Å². The second-order valence-electron chi connectivity index (χ2n) is 3.74. The summed E-state index contributed by atoms with van der Waals surface area (Å²) in [5.41, 5.74) is -2.13. The number of carboxylic acids is 3. The maximum absolute atomic E-state index is 10.9. The molecule has 0 aromatic rings. The van der Waals surface area contributed by atoms with E-state index in [1.807, 2.05) is 0 Å². The molecule has 0 spiro atoms. The van der Waals surface area contributed by atoms with Gasteiger partial charge in [0.25, 0.3) is 0 Å². The summed E-state index contributed by atoms with van der Waals surface area (Å²) < 4.78 is 0. The zero-order valence-corrected chi connectivity index (χ0v) is 8.43. The van der Waals surface area contributed by atoms with Gasteiger partial charge >= 0.3 is 17.9 Å². The molecule has 3 N–H and O–H groups in total. The van der Waals surface area contributed by atoms with Gasteiger partial charge in [-0.25, -0.2) is 9.59 Å². The Bertz CT molecular complexity index is 431. The summed E-state index contributed by atoms with van der Waals surface area (Å²) in [6.07, 6.45) is 1.89. The van der Waals surface area contributed by atoms with Crippen molar-refractivity contribution < 1.29 is 29.7 Å². The number of hydrogen-bond donors (Lipinski definition) is 3. The SMILES string of the molecule is CC1(C(=O)O)C=CC(C(=O)O)=C(C(=O)O)C1. The number of carbonyl (C=O) groups is 3. The fraction of sp³-hybridized carbons (Fsp3) is 0.300. The molecule has 1 aliphatic rings. The Labute approximate surface area is 90.5 Å². The minimum absolute atomic E-state index is 0.338. The predicted molar refractivity (Wildman–Crippen MR) is 51.8 cm³/mol. The van der Waals surface area contributed by atoms with Crippen LogP contribution in [0.4, 0.5) is 0 Å². The summed E-state index contributed by atoms with van der Waals surface area (Å²) in [5, 5.41) is 26.5. The van der Waals surface area contributed by atoms with Crippen molar-refractivity contribution in [2.75, 3.05) is 0 Å². The third kappa shape index (κ3) is 1.95. The topological polar surface area (TPSA) is 112 Å². The number of rotatable bonds is 3. The lowest BCUT2D eigenvalue weighted by Gasteiger charge is -2.25. The normalized spacial score (nSPS) is 24.3. The molecule has 1 rings (SSSR count). The molecule has 0 radical (unpaired) electrons. The van der Waals surface area contributed by atoms with Crippen LogP contribution in [0.2, 0.25) is 0 Å². The Morgan fingerprint density at radius 1 is 1.19 bits per heavy atom. The third-order valence-electron chi connectivity index (χ3n) is 2.46. The molecule has 0 heterocycles. The van der Waals surface area contributed by atoms with Crippen molar-refractivity contribution in [2.24, 2.45) is 5.41 Å². The van der Waals surface area contributed by atoms with Gasteiger partial charge in [0.05, 0.1) is 16.6 Å². The van der Waals surface area contributed by atoms with Crippen LogP contribution in [0.1, 0.15) is 13.3 Å². The van der Waals surface area contributed by atoms with E-state index in [4.69, 9.17) is 15.3 Å². The molecule has 0 aliphatic heterocycles. The molecule has 1 atom stereocenters. The Kier molecular flexibility index (Phi) is 2.84. The Morgan fingerprint density at radius 3 is 2.12 bits per heavy atom. The van der Waals surface area contributed by atoms with Gasteiger partial charge < -0.3 is 15.3 Å². The standard InChI is InChI=1S/C10H10O6/c1-10(9(15)16)3-2-5(7(11)12)6(4-10)8(13)14/h2-3H,4H2,1H3,(H,11,12)(H,13,14)(H,15,16).